The minimum absolute atomic E-state index is 0.217. The van der Waals surface area contributed by atoms with Crippen molar-refractivity contribution >= 4 is 55.7 Å². The zero-order chi connectivity index (χ0) is 25.6. The van der Waals surface area contributed by atoms with Crippen molar-refractivity contribution in [2.24, 2.45) is 0 Å². The highest BCUT2D eigenvalue weighted by atomic mass is 79.9. The van der Waals surface area contributed by atoms with Gasteiger partial charge in [-0.3, -0.25) is 0 Å². The second-order valence-electron chi connectivity index (χ2n) is 10.4. The zero-order valence-corrected chi connectivity index (χ0v) is 23.0. The standard InChI is InChI=1S/C36H29BrO/c1-23-21-25(18-20-35(23)38-36(37)33-16-8-10-24-9-2-3-11-27(24)33)26-17-19-32-30-14-5-4-12-28(30)29-13-6-7-15-31(29)34(32)22-26/h2-3,5-11,13-16,18-22,26,36H,4,12,17H2,1H3. The second-order valence-corrected chi connectivity index (χ2v) is 11.3. The highest BCUT2D eigenvalue weighted by Gasteiger charge is 2.19. The highest BCUT2D eigenvalue weighted by Crippen LogP contribution is 2.35. The first kappa shape index (κ1) is 23.5. The lowest BCUT2D eigenvalue weighted by molar-refractivity contribution is 0.301. The van der Waals surface area contributed by atoms with Gasteiger partial charge in [-0.1, -0.05) is 103 Å². The lowest BCUT2D eigenvalue weighted by atomic mass is 9.83. The Bertz CT molecular complexity index is 1860. The molecule has 0 saturated heterocycles. The van der Waals surface area contributed by atoms with Crippen LogP contribution in [0.15, 0.2) is 91.0 Å². The smallest absolute Gasteiger partial charge is 0.178 e. The molecule has 0 aromatic heterocycles. The van der Waals surface area contributed by atoms with Crippen LogP contribution in [0.2, 0.25) is 0 Å². The third-order valence-electron chi connectivity index (χ3n) is 8.16. The number of rotatable bonds is 4. The maximum Gasteiger partial charge on any atom is 0.178 e. The molecule has 0 aliphatic heterocycles. The van der Waals surface area contributed by atoms with Crippen molar-refractivity contribution in [3.8, 4) is 5.75 Å². The van der Waals surface area contributed by atoms with Crippen LogP contribution < -0.4 is 15.2 Å². The van der Waals surface area contributed by atoms with Crippen LogP contribution in [0.4, 0.5) is 0 Å². The van der Waals surface area contributed by atoms with Crippen LogP contribution in [0, 0.1) is 6.92 Å². The van der Waals surface area contributed by atoms with Crippen molar-refractivity contribution in [1.82, 2.24) is 0 Å². The summed E-state index contributed by atoms with van der Waals surface area (Å²) in [7, 11) is 0. The molecule has 5 aromatic rings. The molecular formula is C36H29BrO. The molecule has 0 heterocycles. The SMILES string of the molecule is Cc1cc(C2C=c3c(c4c(c5ccccc35)CCC=C4)=CC2)ccc1OC(Br)c1cccc2ccccc12. The normalized spacial score (nSPS) is 16.8. The number of hydrogen-bond donors (Lipinski definition) is 0. The molecular weight excluding hydrogens is 528 g/mol. The van der Waals surface area contributed by atoms with Gasteiger partial charge >= 0.3 is 0 Å². The molecule has 0 fully saturated rings. The molecule has 0 radical (unpaired) electrons. The molecule has 5 aromatic carbocycles. The van der Waals surface area contributed by atoms with Crippen molar-refractivity contribution in [2.75, 3.05) is 0 Å². The highest BCUT2D eigenvalue weighted by molar-refractivity contribution is 9.09. The Morgan fingerprint density at radius 3 is 2.50 bits per heavy atom. The van der Waals surface area contributed by atoms with Crippen LogP contribution in [0.5, 0.6) is 5.75 Å². The van der Waals surface area contributed by atoms with Crippen LogP contribution in [-0.2, 0) is 6.42 Å². The van der Waals surface area contributed by atoms with Crippen LogP contribution in [0.3, 0.4) is 0 Å². The minimum Gasteiger partial charge on any atom is -0.474 e. The van der Waals surface area contributed by atoms with E-state index in [2.05, 4.69) is 132 Å². The molecule has 0 N–H and O–H groups in total. The summed E-state index contributed by atoms with van der Waals surface area (Å²) >= 11 is 3.81. The predicted octanol–water partition coefficient (Wildman–Crippen LogP) is 8.48. The third-order valence-corrected chi connectivity index (χ3v) is 8.84. The Labute approximate surface area is 231 Å². The van der Waals surface area contributed by atoms with Gasteiger partial charge in [0.1, 0.15) is 5.75 Å². The summed E-state index contributed by atoms with van der Waals surface area (Å²) < 4.78 is 6.45. The van der Waals surface area contributed by atoms with Gasteiger partial charge in [0.25, 0.3) is 0 Å². The number of ether oxygens (including phenoxy) is 1. The molecule has 0 saturated carbocycles. The van der Waals surface area contributed by atoms with E-state index in [9.17, 15) is 0 Å². The van der Waals surface area contributed by atoms with Crippen molar-refractivity contribution in [2.45, 2.75) is 37.1 Å². The van der Waals surface area contributed by atoms with Crippen molar-refractivity contribution in [3.63, 3.8) is 0 Å². The number of alkyl halides is 1. The molecule has 186 valence electrons. The van der Waals surface area contributed by atoms with E-state index in [0.29, 0.717) is 5.92 Å². The van der Waals surface area contributed by atoms with Gasteiger partial charge in [0.05, 0.1) is 0 Å². The summed E-state index contributed by atoms with van der Waals surface area (Å²) in [6, 6.07) is 30.5. The van der Waals surface area contributed by atoms with Gasteiger partial charge in [0, 0.05) is 11.5 Å². The molecule has 2 aliphatic rings. The van der Waals surface area contributed by atoms with Gasteiger partial charge in [-0.05, 0) is 102 Å². The van der Waals surface area contributed by atoms with E-state index in [-0.39, 0.29) is 5.01 Å². The fourth-order valence-electron chi connectivity index (χ4n) is 6.27. The van der Waals surface area contributed by atoms with Crippen molar-refractivity contribution in [3.05, 3.63) is 129 Å². The molecule has 0 bridgehead atoms. The Kier molecular flexibility index (Phi) is 5.93. The Morgan fingerprint density at radius 1 is 0.842 bits per heavy atom. The summed E-state index contributed by atoms with van der Waals surface area (Å²) in [5.74, 6) is 1.26. The summed E-state index contributed by atoms with van der Waals surface area (Å²) in [4.78, 5) is 0. The molecule has 0 spiro atoms. The monoisotopic (exact) mass is 556 g/mol. The van der Waals surface area contributed by atoms with Gasteiger partial charge in [0.15, 0.2) is 5.01 Å². The van der Waals surface area contributed by atoms with E-state index in [4.69, 9.17) is 4.74 Å². The molecule has 0 amide bonds. The Balaban J connectivity index is 1.23. The average molecular weight is 558 g/mol. The molecule has 2 heteroatoms. The molecule has 2 unspecified atom stereocenters. The Hall–Kier alpha value is -3.62. The lowest BCUT2D eigenvalue weighted by Gasteiger charge is -2.22. The number of aryl methyl sites for hydroxylation is 2. The van der Waals surface area contributed by atoms with Gasteiger partial charge in [-0.15, -0.1) is 0 Å². The first-order chi connectivity index (χ1) is 18.7. The van der Waals surface area contributed by atoms with E-state index >= 15 is 0 Å². The van der Waals surface area contributed by atoms with Gasteiger partial charge in [-0.25, -0.2) is 0 Å². The summed E-state index contributed by atoms with van der Waals surface area (Å²) in [5.41, 5.74) is 6.58. The van der Waals surface area contributed by atoms with Gasteiger partial charge in [-0.2, -0.15) is 0 Å². The van der Waals surface area contributed by atoms with Gasteiger partial charge < -0.3 is 4.74 Å². The lowest BCUT2D eigenvalue weighted by Crippen LogP contribution is -2.33. The van der Waals surface area contributed by atoms with Crippen LogP contribution in [0.25, 0.3) is 39.8 Å². The van der Waals surface area contributed by atoms with Crippen molar-refractivity contribution in [1.29, 1.82) is 0 Å². The molecule has 7 rings (SSSR count). The summed E-state index contributed by atoms with van der Waals surface area (Å²) in [5, 5.41) is 7.81. The number of allylic oxidation sites excluding steroid dienone is 1. The molecule has 2 atom stereocenters. The average Bonchev–Trinajstić information content (AvgIpc) is 2.97. The molecule has 1 nitrogen and oxygen atoms in total. The summed E-state index contributed by atoms with van der Waals surface area (Å²) in [6.45, 7) is 2.15. The van der Waals surface area contributed by atoms with Gasteiger partial charge in [0.2, 0.25) is 0 Å². The second kappa shape index (κ2) is 9.60. The van der Waals surface area contributed by atoms with E-state index < -0.39 is 0 Å². The van der Waals surface area contributed by atoms with Crippen molar-refractivity contribution < 1.29 is 4.74 Å². The van der Waals surface area contributed by atoms with Crippen LogP contribution >= 0.6 is 15.9 Å². The predicted molar refractivity (Wildman–Crippen MR) is 164 cm³/mol. The first-order valence-corrected chi connectivity index (χ1v) is 14.4. The summed E-state index contributed by atoms with van der Waals surface area (Å²) in [6.07, 6.45) is 12.9. The molecule has 38 heavy (non-hydrogen) atoms. The largest absolute Gasteiger partial charge is 0.474 e. The maximum atomic E-state index is 6.45. The van der Waals surface area contributed by atoms with E-state index in [0.717, 1.165) is 36.1 Å². The first-order valence-electron chi connectivity index (χ1n) is 13.5. The Morgan fingerprint density at radius 2 is 1.63 bits per heavy atom. The fourth-order valence-corrected chi connectivity index (χ4v) is 6.87. The number of fused-ring (bicyclic) bond motifs is 7. The number of hydrogen-bond acceptors (Lipinski definition) is 1. The number of halogens is 1. The van der Waals surface area contributed by atoms with Crippen LogP contribution in [0.1, 0.15) is 51.6 Å². The quantitative estimate of drug-likeness (QED) is 0.202. The van der Waals surface area contributed by atoms with E-state index in [1.807, 2.05) is 0 Å². The third kappa shape index (κ3) is 3.99. The zero-order valence-electron chi connectivity index (χ0n) is 21.5. The van der Waals surface area contributed by atoms with E-state index in [1.165, 1.54) is 48.7 Å². The number of benzene rings is 5. The minimum atomic E-state index is -0.217. The van der Waals surface area contributed by atoms with Crippen LogP contribution in [-0.4, -0.2) is 0 Å². The topological polar surface area (TPSA) is 9.23 Å². The fraction of sp³-hybridized carbons (Fsp3) is 0.167. The molecule has 2 aliphatic carbocycles. The van der Waals surface area contributed by atoms with E-state index in [1.54, 1.807) is 0 Å². The maximum absolute atomic E-state index is 6.45.